The molecular formula is C23H22ClN5O4S. The zero-order chi connectivity index (χ0) is 24.1. The summed E-state index contributed by atoms with van der Waals surface area (Å²) in [6.45, 7) is 1.93. The summed E-state index contributed by atoms with van der Waals surface area (Å²) in [5.74, 6) is 0.393. The summed E-state index contributed by atoms with van der Waals surface area (Å²) in [5, 5.41) is 14.9. The Morgan fingerprint density at radius 3 is 2.71 bits per heavy atom. The van der Waals surface area contributed by atoms with Crippen LogP contribution >= 0.6 is 23.4 Å². The van der Waals surface area contributed by atoms with Crippen LogP contribution in [0.3, 0.4) is 0 Å². The lowest BCUT2D eigenvalue weighted by atomic mass is 9.95. The van der Waals surface area contributed by atoms with E-state index in [0.717, 1.165) is 5.69 Å². The Morgan fingerprint density at radius 1 is 1.21 bits per heavy atom. The molecule has 1 aromatic heterocycles. The summed E-state index contributed by atoms with van der Waals surface area (Å²) in [4.78, 5) is 25.4. The molecule has 2 aromatic carbocycles. The van der Waals surface area contributed by atoms with Gasteiger partial charge in [-0.1, -0.05) is 47.6 Å². The summed E-state index contributed by atoms with van der Waals surface area (Å²) in [7, 11) is 1.59. The highest BCUT2D eigenvalue weighted by Crippen LogP contribution is 2.32. The van der Waals surface area contributed by atoms with Crippen LogP contribution in [0.2, 0.25) is 5.02 Å². The molecule has 0 aliphatic carbocycles. The lowest BCUT2D eigenvalue weighted by Gasteiger charge is -2.29. The van der Waals surface area contributed by atoms with E-state index < -0.39 is 18.0 Å². The molecule has 1 aliphatic heterocycles. The second-order valence-electron chi connectivity index (χ2n) is 7.14. The fraction of sp³-hybridized carbons (Fsp3) is 0.217. The van der Waals surface area contributed by atoms with Crippen LogP contribution in [0.1, 0.15) is 18.5 Å². The Hall–Kier alpha value is -3.50. The van der Waals surface area contributed by atoms with Gasteiger partial charge >= 0.3 is 12.0 Å². The van der Waals surface area contributed by atoms with E-state index in [1.54, 1.807) is 49.2 Å². The molecule has 2 amide bonds. The van der Waals surface area contributed by atoms with Gasteiger partial charge in [0.25, 0.3) is 0 Å². The minimum Gasteiger partial charge on any atom is -0.495 e. The number of hydrogen-bond donors (Lipinski definition) is 2. The Bertz CT molecular complexity index is 1230. The topological polar surface area (TPSA) is 107 Å². The van der Waals surface area contributed by atoms with Gasteiger partial charge in [0.1, 0.15) is 12.1 Å². The molecule has 2 heterocycles. The molecule has 0 saturated carbocycles. The molecule has 0 fully saturated rings. The maximum Gasteiger partial charge on any atom is 0.338 e. The van der Waals surface area contributed by atoms with Crippen molar-refractivity contribution in [1.82, 2.24) is 25.4 Å². The van der Waals surface area contributed by atoms with Crippen molar-refractivity contribution in [1.29, 1.82) is 0 Å². The fourth-order valence-electron chi connectivity index (χ4n) is 3.54. The smallest absolute Gasteiger partial charge is 0.338 e. The second-order valence-corrected chi connectivity index (χ2v) is 8.52. The predicted molar refractivity (Wildman–Crippen MR) is 128 cm³/mol. The Balaban J connectivity index is 1.68. The third kappa shape index (κ3) is 5.02. The first-order chi connectivity index (χ1) is 16.5. The molecule has 4 rings (SSSR count). The monoisotopic (exact) mass is 499 g/mol. The molecule has 0 spiro atoms. The van der Waals surface area contributed by atoms with E-state index in [-0.39, 0.29) is 12.4 Å². The average molecular weight is 500 g/mol. The van der Waals surface area contributed by atoms with Crippen molar-refractivity contribution in [3.8, 4) is 11.4 Å². The largest absolute Gasteiger partial charge is 0.495 e. The van der Waals surface area contributed by atoms with Crippen molar-refractivity contribution < 1.29 is 19.1 Å². The van der Waals surface area contributed by atoms with Crippen molar-refractivity contribution >= 4 is 35.4 Å². The number of benzene rings is 2. The molecular weight excluding hydrogens is 478 g/mol. The molecule has 1 atom stereocenters. The van der Waals surface area contributed by atoms with E-state index in [4.69, 9.17) is 21.1 Å². The molecule has 1 aliphatic rings. The van der Waals surface area contributed by atoms with Gasteiger partial charge in [-0.3, -0.25) is 4.57 Å². The van der Waals surface area contributed by atoms with Crippen molar-refractivity contribution in [3.05, 3.63) is 76.7 Å². The Labute approximate surface area is 205 Å². The van der Waals surface area contributed by atoms with Gasteiger partial charge in [-0.15, -0.1) is 10.2 Å². The Kier molecular flexibility index (Phi) is 7.39. The van der Waals surface area contributed by atoms with Gasteiger partial charge in [0, 0.05) is 16.5 Å². The van der Waals surface area contributed by atoms with E-state index in [1.807, 2.05) is 24.3 Å². The summed E-state index contributed by atoms with van der Waals surface area (Å²) in [5.41, 5.74) is 2.23. The summed E-state index contributed by atoms with van der Waals surface area (Å²) < 4.78 is 12.5. The van der Waals surface area contributed by atoms with Gasteiger partial charge < -0.3 is 20.1 Å². The number of nitrogens with zero attached hydrogens (tertiary/aromatic N) is 3. The first-order valence-corrected chi connectivity index (χ1v) is 11.8. The molecule has 9 nitrogen and oxygen atoms in total. The SMILES string of the molecule is CCOC(=O)C1=C(CSc2nncn2-c2ccccc2OC)NC(=O)NC1c1ccc(Cl)cc1. The van der Waals surface area contributed by atoms with Gasteiger partial charge in [-0.25, -0.2) is 9.59 Å². The number of ether oxygens (including phenoxy) is 2. The second kappa shape index (κ2) is 10.6. The first kappa shape index (κ1) is 23.7. The zero-order valence-corrected chi connectivity index (χ0v) is 20.0. The Morgan fingerprint density at radius 2 is 1.97 bits per heavy atom. The minimum absolute atomic E-state index is 0.201. The zero-order valence-electron chi connectivity index (χ0n) is 18.4. The number of nitrogens with one attached hydrogen (secondary N) is 2. The van der Waals surface area contributed by atoms with E-state index >= 15 is 0 Å². The quantitative estimate of drug-likeness (QED) is 0.357. The predicted octanol–water partition coefficient (Wildman–Crippen LogP) is 3.89. The molecule has 34 heavy (non-hydrogen) atoms. The number of esters is 1. The van der Waals surface area contributed by atoms with Crippen LogP contribution < -0.4 is 15.4 Å². The standard InChI is InChI=1S/C23H22ClN5O4S/c1-3-33-21(30)19-16(26-22(31)27-20(19)14-8-10-15(24)11-9-14)12-34-23-28-25-13-29(23)17-6-4-5-7-18(17)32-2/h4-11,13,20H,3,12H2,1-2H3,(H2,26,27,31). The average Bonchev–Trinajstić information content (AvgIpc) is 3.31. The lowest BCUT2D eigenvalue weighted by Crippen LogP contribution is -2.46. The molecule has 0 bridgehead atoms. The summed E-state index contributed by atoms with van der Waals surface area (Å²) in [6.07, 6.45) is 1.58. The highest BCUT2D eigenvalue weighted by atomic mass is 35.5. The number of methoxy groups -OCH3 is 1. The third-order valence-electron chi connectivity index (χ3n) is 5.06. The van der Waals surface area contributed by atoms with Gasteiger partial charge in [0.2, 0.25) is 0 Å². The fourth-order valence-corrected chi connectivity index (χ4v) is 4.56. The highest BCUT2D eigenvalue weighted by molar-refractivity contribution is 7.99. The molecule has 0 saturated heterocycles. The number of para-hydroxylation sites is 2. The molecule has 176 valence electrons. The number of carbonyl (C=O) groups excluding carboxylic acids is 2. The van der Waals surface area contributed by atoms with Gasteiger partial charge in [-0.05, 0) is 36.8 Å². The van der Waals surface area contributed by atoms with Crippen LogP contribution in [0.15, 0.2) is 71.3 Å². The molecule has 0 radical (unpaired) electrons. The number of carbonyl (C=O) groups is 2. The molecule has 1 unspecified atom stereocenters. The molecule has 2 N–H and O–H groups in total. The number of aromatic nitrogens is 3. The first-order valence-electron chi connectivity index (χ1n) is 10.4. The van der Waals surface area contributed by atoms with Crippen LogP contribution in [-0.4, -0.2) is 46.2 Å². The van der Waals surface area contributed by atoms with Crippen LogP contribution in [0.25, 0.3) is 5.69 Å². The van der Waals surface area contributed by atoms with Crippen LogP contribution in [-0.2, 0) is 9.53 Å². The van der Waals surface area contributed by atoms with Crippen molar-refractivity contribution in [2.24, 2.45) is 0 Å². The molecule has 11 heteroatoms. The summed E-state index contributed by atoms with van der Waals surface area (Å²) in [6, 6.07) is 13.3. The molecule has 3 aromatic rings. The number of urea groups is 1. The van der Waals surface area contributed by atoms with Gasteiger partial charge in [-0.2, -0.15) is 0 Å². The number of hydrogen-bond acceptors (Lipinski definition) is 7. The van der Waals surface area contributed by atoms with Crippen LogP contribution in [0.5, 0.6) is 5.75 Å². The minimum atomic E-state index is -0.687. The van der Waals surface area contributed by atoms with Gasteiger partial charge in [0.15, 0.2) is 5.16 Å². The van der Waals surface area contributed by atoms with E-state index in [9.17, 15) is 9.59 Å². The van der Waals surface area contributed by atoms with Crippen molar-refractivity contribution in [2.75, 3.05) is 19.5 Å². The van der Waals surface area contributed by atoms with Crippen molar-refractivity contribution in [2.45, 2.75) is 18.1 Å². The van der Waals surface area contributed by atoms with Crippen LogP contribution in [0, 0.1) is 0 Å². The summed E-state index contributed by atoms with van der Waals surface area (Å²) >= 11 is 7.34. The third-order valence-corrected chi connectivity index (χ3v) is 6.28. The normalized spacial score (nSPS) is 15.5. The van der Waals surface area contributed by atoms with E-state index in [1.165, 1.54) is 11.8 Å². The van der Waals surface area contributed by atoms with Crippen LogP contribution in [0.4, 0.5) is 4.79 Å². The highest BCUT2D eigenvalue weighted by Gasteiger charge is 2.34. The maximum atomic E-state index is 12.9. The van der Waals surface area contributed by atoms with E-state index in [0.29, 0.717) is 32.8 Å². The van der Waals surface area contributed by atoms with Crippen molar-refractivity contribution in [3.63, 3.8) is 0 Å². The van der Waals surface area contributed by atoms with E-state index in [2.05, 4.69) is 20.8 Å². The number of thioether (sulfide) groups is 1. The number of amides is 2. The lowest BCUT2D eigenvalue weighted by molar-refractivity contribution is -0.139. The maximum absolute atomic E-state index is 12.9. The number of rotatable bonds is 8. The number of halogens is 1. The van der Waals surface area contributed by atoms with Gasteiger partial charge in [0.05, 0.1) is 31.0 Å².